The molecule has 6 heteroatoms. The minimum atomic E-state index is -0.719. The molecular formula is C18H15NO5. The lowest BCUT2D eigenvalue weighted by Gasteiger charge is -2.09. The predicted molar refractivity (Wildman–Crippen MR) is 90.0 cm³/mol. The van der Waals surface area contributed by atoms with Crippen LogP contribution in [0.15, 0.2) is 57.7 Å². The zero-order valence-electron chi connectivity index (χ0n) is 13.2. The molecule has 0 unspecified atom stereocenters. The van der Waals surface area contributed by atoms with Crippen molar-refractivity contribution in [1.29, 1.82) is 0 Å². The number of ether oxygens (including phenoxy) is 2. The van der Waals surface area contributed by atoms with E-state index in [1.165, 1.54) is 20.3 Å². The highest BCUT2D eigenvalue weighted by Gasteiger charge is 2.16. The molecule has 2 aromatic carbocycles. The Morgan fingerprint density at radius 3 is 2.33 bits per heavy atom. The molecule has 122 valence electrons. The zero-order chi connectivity index (χ0) is 17.1. The maximum absolute atomic E-state index is 12.3. The van der Waals surface area contributed by atoms with Crippen LogP contribution < -0.4 is 20.4 Å². The number of methoxy groups -OCH3 is 2. The van der Waals surface area contributed by atoms with Gasteiger partial charge >= 0.3 is 5.63 Å². The standard InChI is InChI=1S/C18H15NO5/c1-22-15-9-11-8-13(17(20)19-12-6-4-3-5-7-12)18(21)24-14(11)10-16(15)23-2/h3-10H,1-2H3,(H,19,20). The fourth-order valence-corrected chi connectivity index (χ4v) is 2.32. The lowest BCUT2D eigenvalue weighted by molar-refractivity contribution is 0.102. The molecule has 0 aliphatic carbocycles. The van der Waals surface area contributed by atoms with Crippen LogP contribution in [0, 0.1) is 0 Å². The SMILES string of the molecule is COc1cc2cc(C(=O)Nc3ccccc3)c(=O)oc2cc1OC. The molecular weight excluding hydrogens is 310 g/mol. The summed E-state index contributed by atoms with van der Waals surface area (Å²) in [6.07, 6.45) is 0. The van der Waals surface area contributed by atoms with Crippen molar-refractivity contribution in [3.05, 3.63) is 64.5 Å². The van der Waals surface area contributed by atoms with Gasteiger partial charge in [-0.1, -0.05) is 18.2 Å². The van der Waals surface area contributed by atoms with Crippen LogP contribution in [0.3, 0.4) is 0 Å². The number of benzene rings is 2. The third kappa shape index (κ3) is 2.94. The number of hydrogen-bond donors (Lipinski definition) is 1. The van der Waals surface area contributed by atoms with Crippen LogP contribution in [0.4, 0.5) is 5.69 Å². The lowest BCUT2D eigenvalue weighted by Crippen LogP contribution is -2.20. The van der Waals surface area contributed by atoms with Crippen LogP contribution in [0.25, 0.3) is 11.0 Å². The summed E-state index contributed by atoms with van der Waals surface area (Å²) in [6.45, 7) is 0. The second kappa shape index (κ2) is 6.45. The summed E-state index contributed by atoms with van der Waals surface area (Å²) in [6, 6.07) is 13.5. The summed E-state index contributed by atoms with van der Waals surface area (Å²) in [4.78, 5) is 24.4. The number of hydrogen-bond acceptors (Lipinski definition) is 5. The Kier molecular flexibility index (Phi) is 4.20. The third-order valence-corrected chi connectivity index (χ3v) is 3.51. The Morgan fingerprint density at radius 2 is 1.67 bits per heavy atom. The van der Waals surface area contributed by atoms with Gasteiger partial charge in [-0.15, -0.1) is 0 Å². The fraction of sp³-hybridized carbons (Fsp3) is 0.111. The molecule has 6 nitrogen and oxygen atoms in total. The van der Waals surface area contributed by atoms with Gasteiger partial charge in [-0.2, -0.15) is 0 Å². The van der Waals surface area contributed by atoms with Gasteiger partial charge in [0.1, 0.15) is 11.1 Å². The van der Waals surface area contributed by atoms with Crippen LogP contribution in [-0.4, -0.2) is 20.1 Å². The van der Waals surface area contributed by atoms with Crippen molar-refractivity contribution in [3.63, 3.8) is 0 Å². The molecule has 1 N–H and O–H groups in total. The van der Waals surface area contributed by atoms with Crippen LogP contribution >= 0.6 is 0 Å². The van der Waals surface area contributed by atoms with Crippen molar-refractivity contribution in [3.8, 4) is 11.5 Å². The van der Waals surface area contributed by atoms with E-state index < -0.39 is 11.5 Å². The topological polar surface area (TPSA) is 77.8 Å². The average molecular weight is 325 g/mol. The van der Waals surface area contributed by atoms with Gasteiger partial charge in [-0.25, -0.2) is 4.79 Å². The van der Waals surface area contributed by atoms with E-state index in [1.54, 1.807) is 36.4 Å². The van der Waals surface area contributed by atoms with Crippen molar-refractivity contribution in [2.45, 2.75) is 0 Å². The van der Waals surface area contributed by atoms with Crippen LogP contribution in [0.2, 0.25) is 0 Å². The highest BCUT2D eigenvalue weighted by Crippen LogP contribution is 2.31. The van der Waals surface area contributed by atoms with E-state index in [-0.39, 0.29) is 5.56 Å². The first-order valence-electron chi connectivity index (χ1n) is 7.18. The monoisotopic (exact) mass is 325 g/mol. The lowest BCUT2D eigenvalue weighted by atomic mass is 10.1. The Hall–Kier alpha value is -3.28. The maximum Gasteiger partial charge on any atom is 0.349 e. The van der Waals surface area contributed by atoms with Gasteiger partial charge in [0.25, 0.3) is 5.91 Å². The Balaban J connectivity index is 2.04. The maximum atomic E-state index is 12.3. The van der Waals surface area contributed by atoms with Gasteiger partial charge < -0.3 is 19.2 Å². The second-order valence-corrected chi connectivity index (χ2v) is 5.01. The van der Waals surface area contributed by atoms with E-state index in [0.29, 0.717) is 28.2 Å². The Bertz CT molecular complexity index is 947. The van der Waals surface area contributed by atoms with E-state index in [1.807, 2.05) is 6.07 Å². The van der Waals surface area contributed by atoms with Gasteiger partial charge in [0.05, 0.1) is 14.2 Å². The van der Waals surface area contributed by atoms with Gasteiger partial charge in [-0.05, 0) is 24.3 Å². The Labute approximate surface area is 137 Å². The summed E-state index contributed by atoms with van der Waals surface area (Å²) < 4.78 is 15.6. The summed E-state index contributed by atoms with van der Waals surface area (Å²) >= 11 is 0. The minimum Gasteiger partial charge on any atom is -0.493 e. The molecule has 0 bridgehead atoms. The van der Waals surface area contributed by atoms with E-state index >= 15 is 0 Å². The first kappa shape index (κ1) is 15.6. The van der Waals surface area contributed by atoms with Crippen molar-refractivity contribution >= 4 is 22.6 Å². The molecule has 1 amide bonds. The second-order valence-electron chi connectivity index (χ2n) is 5.01. The molecule has 0 fully saturated rings. The average Bonchev–Trinajstić information content (AvgIpc) is 2.60. The van der Waals surface area contributed by atoms with Crippen molar-refractivity contribution in [2.75, 3.05) is 19.5 Å². The molecule has 3 aromatic rings. The van der Waals surface area contributed by atoms with Crippen LogP contribution in [0.5, 0.6) is 11.5 Å². The summed E-state index contributed by atoms with van der Waals surface area (Å²) in [5.41, 5.74) is 0.102. The molecule has 0 aliphatic heterocycles. The summed E-state index contributed by atoms with van der Waals surface area (Å²) in [7, 11) is 3.00. The van der Waals surface area contributed by atoms with Crippen molar-refractivity contribution in [2.24, 2.45) is 0 Å². The van der Waals surface area contributed by atoms with E-state index in [2.05, 4.69) is 5.32 Å². The largest absolute Gasteiger partial charge is 0.493 e. The number of para-hydroxylation sites is 1. The highest BCUT2D eigenvalue weighted by molar-refractivity contribution is 6.05. The molecule has 0 aliphatic rings. The first-order valence-corrected chi connectivity index (χ1v) is 7.18. The van der Waals surface area contributed by atoms with E-state index in [0.717, 1.165) is 0 Å². The molecule has 0 radical (unpaired) electrons. The molecule has 1 heterocycles. The summed E-state index contributed by atoms with van der Waals surface area (Å²) in [5.74, 6) is 0.384. The van der Waals surface area contributed by atoms with Crippen LogP contribution in [-0.2, 0) is 0 Å². The van der Waals surface area contributed by atoms with Gasteiger partial charge in [0.2, 0.25) is 0 Å². The summed E-state index contributed by atoms with van der Waals surface area (Å²) in [5, 5.41) is 3.22. The molecule has 0 saturated heterocycles. The molecule has 0 spiro atoms. The molecule has 3 rings (SSSR count). The van der Waals surface area contributed by atoms with Gasteiger partial charge in [0.15, 0.2) is 11.5 Å². The number of anilines is 1. The molecule has 0 saturated carbocycles. The number of carbonyl (C=O) groups is 1. The third-order valence-electron chi connectivity index (χ3n) is 3.51. The van der Waals surface area contributed by atoms with E-state index in [4.69, 9.17) is 13.9 Å². The van der Waals surface area contributed by atoms with Crippen molar-refractivity contribution < 1.29 is 18.7 Å². The number of nitrogens with one attached hydrogen (secondary N) is 1. The highest BCUT2D eigenvalue weighted by atomic mass is 16.5. The minimum absolute atomic E-state index is 0.0847. The normalized spacial score (nSPS) is 10.4. The van der Waals surface area contributed by atoms with Gasteiger partial charge in [-0.3, -0.25) is 4.79 Å². The van der Waals surface area contributed by atoms with Crippen LogP contribution in [0.1, 0.15) is 10.4 Å². The fourth-order valence-electron chi connectivity index (χ4n) is 2.32. The van der Waals surface area contributed by atoms with E-state index in [9.17, 15) is 9.59 Å². The number of amides is 1. The van der Waals surface area contributed by atoms with Crippen molar-refractivity contribution in [1.82, 2.24) is 0 Å². The zero-order valence-corrected chi connectivity index (χ0v) is 13.2. The molecule has 24 heavy (non-hydrogen) atoms. The quantitative estimate of drug-likeness (QED) is 0.746. The smallest absolute Gasteiger partial charge is 0.349 e. The molecule has 1 aromatic heterocycles. The number of fused-ring (bicyclic) bond motifs is 1. The predicted octanol–water partition coefficient (Wildman–Crippen LogP) is 3.06. The Morgan fingerprint density at radius 1 is 1.00 bits per heavy atom. The number of carbonyl (C=O) groups excluding carboxylic acids is 1. The number of rotatable bonds is 4. The first-order chi connectivity index (χ1) is 11.6. The molecule has 0 atom stereocenters. The van der Waals surface area contributed by atoms with Gasteiger partial charge in [0, 0.05) is 17.1 Å².